The fraction of sp³-hybridized carbons (Fsp3) is 0.238. The molecule has 134 valence electrons. The van der Waals surface area contributed by atoms with Gasteiger partial charge in [0.05, 0.1) is 17.1 Å². The Balaban J connectivity index is 1.80. The van der Waals surface area contributed by atoms with Crippen molar-refractivity contribution < 1.29 is 4.79 Å². The summed E-state index contributed by atoms with van der Waals surface area (Å²) < 4.78 is 0. The molecular weight excluding hydrogens is 342 g/mol. The molecule has 26 heavy (non-hydrogen) atoms. The maximum absolute atomic E-state index is 11.9. The average Bonchev–Trinajstić information content (AvgIpc) is 3.12. The lowest BCUT2D eigenvalue weighted by molar-refractivity contribution is -0.118. The van der Waals surface area contributed by atoms with Crippen LogP contribution in [0.4, 0.5) is 0 Å². The molecular formula is C21H23N3OS. The van der Waals surface area contributed by atoms with Crippen molar-refractivity contribution in [2.24, 2.45) is 0 Å². The number of nitrogens with zero attached hydrogens (tertiary/aromatic N) is 1. The minimum atomic E-state index is 0.0439. The van der Waals surface area contributed by atoms with E-state index < -0.39 is 0 Å². The second-order valence-corrected chi connectivity index (χ2v) is 6.95. The van der Waals surface area contributed by atoms with E-state index in [9.17, 15) is 4.79 Å². The van der Waals surface area contributed by atoms with E-state index in [1.54, 1.807) is 0 Å². The summed E-state index contributed by atoms with van der Waals surface area (Å²) in [5, 5.41) is 3.69. The first-order valence-electron chi connectivity index (χ1n) is 8.88. The van der Waals surface area contributed by atoms with Crippen LogP contribution in [-0.2, 0) is 4.79 Å². The first kappa shape index (κ1) is 18.3. The Morgan fingerprint density at radius 1 is 1.04 bits per heavy atom. The number of hydrogen-bond donors (Lipinski definition) is 2. The third kappa shape index (κ3) is 4.76. The van der Waals surface area contributed by atoms with E-state index in [1.165, 1.54) is 11.8 Å². The van der Waals surface area contributed by atoms with Gasteiger partial charge in [0.15, 0.2) is 5.16 Å². The van der Waals surface area contributed by atoms with Gasteiger partial charge in [-0.3, -0.25) is 4.79 Å². The van der Waals surface area contributed by atoms with Crippen LogP contribution in [0.3, 0.4) is 0 Å². The highest BCUT2D eigenvalue weighted by atomic mass is 32.2. The van der Waals surface area contributed by atoms with Crippen LogP contribution in [0, 0.1) is 0 Å². The summed E-state index contributed by atoms with van der Waals surface area (Å²) in [5.41, 5.74) is 4.02. The molecule has 4 nitrogen and oxygen atoms in total. The van der Waals surface area contributed by atoms with Crippen molar-refractivity contribution in [1.82, 2.24) is 15.3 Å². The van der Waals surface area contributed by atoms with Gasteiger partial charge in [-0.15, -0.1) is 0 Å². The molecule has 0 unspecified atom stereocenters. The number of carbonyl (C=O) groups excluding carboxylic acids is 1. The van der Waals surface area contributed by atoms with Crippen molar-refractivity contribution in [2.45, 2.75) is 24.9 Å². The van der Waals surface area contributed by atoms with Crippen LogP contribution in [0.25, 0.3) is 22.5 Å². The van der Waals surface area contributed by atoms with Gasteiger partial charge in [0.2, 0.25) is 5.91 Å². The molecule has 0 radical (unpaired) electrons. The summed E-state index contributed by atoms with van der Waals surface area (Å²) in [7, 11) is 0. The molecule has 0 atom stereocenters. The number of carbonyl (C=O) groups is 1. The van der Waals surface area contributed by atoms with E-state index in [1.807, 2.05) is 36.4 Å². The number of aromatic nitrogens is 2. The molecule has 1 heterocycles. The molecule has 0 bridgehead atoms. The monoisotopic (exact) mass is 365 g/mol. The van der Waals surface area contributed by atoms with Gasteiger partial charge in [0.1, 0.15) is 0 Å². The fourth-order valence-electron chi connectivity index (χ4n) is 2.63. The quantitative estimate of drug-likeness (QED) is 0.447. The van der Waals surface area contributed by atoms with Gasteiger partial charge >= 0.3 is 0 Å². The van der Waals surface area contributed by atoms with E-state index in [2.05, 4.69) is 41.5 Å². The molecule has 0 fully saturated rings. The maximum atomic E-state index is 11.9. The van der Waals surface area contributed by atoms with Crippen LogP contribution >= 0.6 is 11.8 Å². The van der Waals surface area contributed by atoms with Gasteiger partial charge in [-0.05, 0) is 6.42 Å². The topological polar surface area (TPSA) is 57.8 Å². The number of rotatable bonds is 8. The van der Waals surface area contributed by atoms with Crippen molar-refractivity contribution in [3.05, 3.63) is 60.7 Å². The molecule has 2 aromatic carbocycles. The molecule has 0 saturated carbocycles. The third-order valence-electron chi connectivity index (χ3n) is 3.98. The lowest BCUT2D eigenvalue weighted by Crippen LogP contribution is -2.26. The maximum Gasteiger partial charge on any atom is 0.230 e. The van der Waals surface area contributed by atoms with Crippen molar-refractivity contribution in [3.63, 3.8) is 0 Å². The molecule has 0 saturated heterocycles. The number of H-pyrrole nitrogens is 1. The minimum absolute atomic E-state index is 0.0439. The molecule has 3 aromatic rings. The molecule has 0 aliphatic rings. The second-order valence-electron chi connectivity index (χ2n) is 5.99. The van der Waals surface area contributed by atoms with Crippen LogP contribution in [0.5, 0.6) is 0 Å². The molecule has 0 spiro atoms. The highest BCUT2D eigenvalue weighted by Gasteiger charge is 2.15. The Morgan fingerprint density at radius 3 is 2.35 bits per heavy atom. The predicted octanol–water partition coefficient (Wildman–Crippen LogP) is 4.75. The Morgan fingerprint density at radius 2 is 1.69 bits per heavy atom. The summed E-state index contributed by atoms with van der Waals surface area (Å²) in [6.45, 7) is 2.85. The standard InChI is InChI=1S/C21H23N3OS/c1-2-3-14-22-18(25)15-26-21-23-19(16-10-6-4-7-11-16)20(24-21)17-12-8-5-9-13-17/h4-13H,2-3,14-15H2,1H3,(H,22,25)(H,23,24). The predicted molar refractivity (Wildman–Crippen MR) is 108 cm³/mol. The summed E-state index contributed by atoms with van der Waals surface area (Å²) in [4.78, 5) is 20.1. The van der Waals surface area contributed by atoms with Crippen LogP contribution in [0.15, 0.2) is 65.8 Å². The van der Waals surface area contributed by atoms with Crippen LogP contribution in [0.2, 0.25) is 0 Å². The molecule has 1 aromatic heterocycles. The highest BCUT2D eigenvalue weighted by Crippen LogP contribution is 2.32. The number of imidazole rings is 1. The highest BCUT2D eigenvalue weighted by molar-refractivity contribution is 7.99. The third-order valence-corrected chi connectivity index (χ3v) is 4.86. The van der Waals surface area contributed by atoms with Gasteiger partial charge in [0.25, 0.3) is 0 Å². The Labute approximate surface area is 158 Å². The molecule has 1 amide bonds. The van der Waals surface area contributed by atoms with E-state index in [4.69, 9.17) is 4.98 Å². The van der Waals surface area contributed by atoms with Gasteiger partial charge in [-0.1, -0.05) is 85.8 Å². The second kappa shape index (κ2) is 9.25. The van der Waals surface area contributed by atoms with Crippen molar-refractivity contribution in [3.8, 4) is 22.5 Å². The summed E-state index contributed by atoms with van der Waals surface area (Å²) in [5.74, 6) is 0.405. The summed E-state index contributed by atoms with van der Waals surface area (Å²) in [6.07, 6.45) is 2.08. The molecule has 5 heteroatoms. The number of aromatic amines is 1. The van der Waals surface area contributed by atoms with E-state index in [0.717, 1.165) is 47.1 Å². The van der Waals surface area contributed by atoms with E-state index in [0.29, 0.717) is 5.75 Å². The van der Waals surface area contributed by atoms with Gasteiger partial charge in [0, 0.05) is 17.7 Å². The smallest absolute Gasteiger partial charge is 0.230 e. The molecule has 2 N–H and O–H groups in total. The zero-order valence-corrected chi connectivity index (χ0v) is 15.7. The molecule has 0 aliphatic heterocycles. The van der Waals surface area contributed by atoms with Crippen molar-refractivity contribution >= 4 is 17.7 Å². The average molecular weight is 366 g/mol. The number of hydrogen-bond acceptors (Lipinski definition) is 3. The zero-order valence-electron chi connectivity index (χ0n) is 14.9. The normalized spacial score (nSPS) is 10.7. The number of amides is 1. The number of benzene rings is 2. The van der Waals surface area contributed by atoms with Crippen LogP contribution < -0.4 is 5.32 Å². The Hall–Kier alpha value is -2.53. The van der Waals surface area contributed by atoms with Crippen LogP contribution in [0.1, 0.15) is 19.8 Å². The first-order valence-corrected chi connectivity index (χ1v) is 9.87. The summed E-state index contributed by atoms with van der Waals surface area (Å²) in [6, 6.07) is 20.3. The van der Waals surface area contributed by atoms with Gasteiger partial charge in [-0.25, -0.2) is 4.98 Å². The Kier molecular flexibility index (Phi) is 6.50. The lowest BCUT2D eigenvalue weighted by Gasteiger charge is -2.02. The summed E-state index contributed by atoms with van der Waals surface area (Å²) >= 11 is 1.43. The number of nitrogens with one attached hydrogen (secondary N) is 2. The molecule has 0 aliphatic carbocycles. The lowest BCUT2D eigenvalue weighted by atomic mass is 10.1. The Bertz CT molecular complexity index is 774. The van der Waals surface area contributed by atoms with Gasteiger partial charge < -0.3 is 10.3 Å². The minimum Gasteiger partial charge on any atom is -0.355 e. The SMILES string of the molecule is CCCCNC(=O)CSc1nc(-c2ccccc2)c(-c2ccccc2)[nH]1. The van der Waals surface area contributed by atoms with Crippen molar-refractivity contribution in [2.75, 3.05) is 12.3 Å². The largest absolute Gasteiger partial charge is 0.355 e. The number of unbranched alkanes of at least 4 members (excludes halogenated alkanes) is 1. The van der Waals surface area contributed by atoms with E-state index in [-0.39, 0.29) is 5.91 Å². The van der Waals surface area contributed by atoms with E-state index >= 15 is 0 Å². The fourth-order valence-corrected chi connectivity index (χ4v) is 3.33. The first-order chi connectivity index (χ1) is 12.8. The van der Waals surface area contributed by atoms with Crippen molar-refractivity contribution in [1.29, 1.82) is 0 Å². The van der Waals surface area contributed by atoms with Gasteiger partial charge in [-0.2, -0.15) is 0 Å². The number of thioether (sulfide) groups is 1. The van der Waals surface area contributed by atoms with Crippen LogP contribution in [-0.4, -0.2) is 28.2 Å². The molecule has 3 rings (SSSR count). The zero-order chi connectivity index (χ0) is 18.2.